The van der Waals surface area contributed by atoms with Crippen LogP contribution in [0.4, 0.5) is 5.69 Å². The Morgan fingerprint density at radius 1 is 1.00 bits per heavy atom. The van der Waals surface area contributed by atoms with Crippen molar-refractivity contribution >= 4 is 23.4 Å². The normalized spacial score (nSPS) is 16.7. The van der Waals surface area contributed by atoms with E-state index in [2.05, 4.69) is 20.9 Å². The third kappa shape index (κ3) is 4.69. The molecule has 4 aromatic rings. The summed E-state index contributed by atoms with van der Waals surface area (Å²) in [7, 11) is 1.60. The summed E-state index contributed by atoms with van der Waals surface area (Å²) >= 11 is 1.37. The van der Waals surface area contributed by atoms with Crippen molar-refractivity contribution in [2.45, 2.75) is 23.1 Å². The minimum Gasteiger partial charge on any atom is -0.497 e. The van der Waals surface area contributed by atoms with Crippen molar-refractivity contribution in [1.82, 2.24) is 14.9 Å². The highest BCUT2D eigenvalue weighted by molar-refractivity contribution is 8.00. The molecule has 1 aliphatic rings. The maximum absolute atomic E-state index is 13.4. The van der Waals surface area contributed by atoms with Gasteiger partial charge in [-0.2, -0.15) is 0 Å². The highest BCUT2D eigenvalue weighted by Gasteiger charge is 2.38. The van der Waals surface area contributed by atoms with E-state index in [1.165, 1.54) is 11.8 Å². The Morgan fingerprint density at radius 2 is 1.74 bits per heavy atom. The second-order valence-corrected chi connectivity index (χ2v) is 8.72. The molecule has 0 saturated heterocycles. The summed E-state index contributed by atoms with van der Waals surface area (Å²) in [5, 5.41) is 11.7. The molecule has 0 saturated carbocycles. The van der Waals surface area contributed by atoms with Crippen molar-refractivity contribution in [3.63, 3.8) is 0 Å². The molecule has 34 heavy (non-hydrogen) atoms. The summed E-state index contributed by atoms with van der Waals surface area (Å²) < 4.78 is 12.9. The highest BCUT2D eigenvalue weighted by Crippen LogP contribution is 2.37. The lowest BCUT2D eigenvalue weighted by Gasteiger charge is -2.33. The number of benzene rings is 3. The lowest BCUT2D eigenvalue weighted by atomic mass is 10.0. The molecule has 1 aromatic heterocycles. The number of aromatic nitrogens is 3. The minimum absolute atomic E-state index is 0.143. The van der Waals surface area contributed by atoms with Crippen molar-refractivity contribution in [2.75, 3.05) is 17.9 Å². The number of thioether (sulfide) groups is 1. The molecule has 0 fully saturated rings. The molecule has 5 rings (SSSR count). The second-order valence-electron chi connectivity index (χ2n) is 7.61. The molecule has 3 aromatic carbocycles. The maximum Gasteiger partial charge on any atom is 0.240 e. The van der Waals surface area contributed by atoms with Gasteiger partial charge in [0, 0.05) is 11.8 Å². The third-order valence-electron chi connectivity index (χ3n) is 5.37. The Balaban J connectivity index is 1.40. The third-order valence-corrected chi connectivity index (χ3v) is 6.58. The van der Waals surface area contributed by atoms with E-state index >= 15 is 0 Å². The molecule has 2 N–H and O–H groups in total. The van der Waals surface area contributed by atoms with Crippen molar-refractivity contribution in [2.24, 2.45) is 0 Å². The fraction of sp³-hybridized carbons (Fsp3) is 0.160. The van der Waals surface area contributed by atoms with Crippen LogP contribution in [-0.2, 0) is 11.4 Å². The largest absolute Gasteiger partial charge is 0.497 e. The first-order valence-electron chi connectivity index (χ1n) is 10.8. The molecule has 172 valence electrons. The highest BCUT2D eigenvalue weighted by atomic mass is 32.2. The molecule has 0 aliphatic carbocycles. The van der Waals surface area contributed by atoms with E-state index in [-0.39, 0.29) is 18.6 Å². The molecular weight excluding hydrogens is 450 g/mol. The van der Waals surface area contributed by atoms with E-state index < -0.39 is 5.25 Å². The van der Waals surface area contributed by atoms with Gasteiger partial charge in [-0.3, -0.25) is 4.79 Å². The molecule has 1 aliphatic heterocycles. The van der Waals surface area contributed by atoms with Crippen LogP contribution in [0.25, 0.3) is 0 Å². The first-order valence-corrected chi connectivity index (χ1v) is 11.6. The average Bonchev–Trinajstić information content (AvgIpc) is 3.30. The Labute approximate surface area is 201 Å². The number of methoxy groups -OCH3 is 1. The average molecular weight is 474 g/mol. The quantitative estimate of drug-likeness (QED) is 0.414. The van der Waals surface area contributed by atoms with Gasteiger partial charge >= 0.3 is 0 Å². The van der Waals surface area contributed by atoms with Crippen LogP contribution in [0.3, 0.4) is 0 Å². The molecule has 0 radical (unpaired) electrons. The predicted molar refractivity (Wildman–Crippen MR) is 131 cm³/mol. The topological polar surface area (TPSA) is 90.3 Å². The molecule has 2 atom stereocenters. The van der Waals surface area contributed by atoms with Crippen LogP contribution in [0.5, 0.6) is 11.5 Å². The monoisotopic (exact) mass is 473 g/mol. The zero-order valence-corrected chi connectivity index (χ0v) is 19.2. The molecule has 9 heteroatoms. The van der Waals surface area contributed by atoms with Crippen LogP contribution < -0.4 is 20.2 Å². The van der Waals surface area contributed by atoms with E-state index in [0.29, 0.717) is 22.4 Å². The van der Waals surface area contributed by atoms with Crippen molar-refractivity contribution in [3.8, 4) is 11.5 Å². The molecule has 0 bridgehead atoms. The number of carbonyl (C=O) groups excluding carboxylic acids is 1. The first kappa shape index (κ1) is 21.8. The van der Waals surface area contributed by atoms with Crippen LogP contribution in [0, 0.1) is 0 Å². The second kappa shape index (κ2) is 9.88. The first-order chi connectivity index (χ1) is 16.7. The molecule has 0 unspecified atom stereocenters. The number of fused-ring (bicyclic) bond motifs is 1. The number of hydrogen-bond donors (Lipinski definition) is 2. The Bertz CT molecular complexity index is 1270. The number of rotatable bonds is 7. The van der Waals surface area contributed by atoms with Crippen molar-refractivity contribution in [3.05, 3.63) is 96.3 Å². The van der Waals surface area contributed by atoms with Gasteiger partial charge in [-0.15, -0.1) is 10.2 Å². The zero-order chi connectivity index (χ0) is 23.3. The predicted octanol–water partition coefficient (Wildman–Crippen LogP) is 4.26. The lowest BCUT2D eigenvalue weighted by molar-refractivity contribution is -0.116. The van der Waals surface area contributed by atoms with Crippen molar-refractivity contribution in [1.29, 1.82) is 0 Å². The summed E-state index contributed by atoms with van der Waals surface area (Å²) in [4.78, 5) is 13.4. The summed E-state index contributed by atoms with van der Waals surface area (Å²) in [6.07, 6.45) is 0. The molecule has 0 spiro atoms. The number of carbonyl (C=O) groups is 1. The van der Waals surface area contributed by atoms with Crippen molar-refractivity contribution < 1.29 is 14.3 Å². The summed E-state index contributed by atoms with van der Waals surface area (Å²) in [6, 6.07) is 26.4. The van der Waals surface area contributed by atoms with Gasteiger partial charge in [0.05, 0.1) is 13.2 Å². The number of nitrogens with one attached hydrogen (secondary N) is 2. The summed E-state index contributed by atoms with van der Waals surface area (Å²) in [5.41, 5.74) is 5.09. The van der Waals surface area contributed by atoms with E-state index in [9.17, 15) is 4.79 Å². The van der Waals surface area contributed by atoms with Gasteiger partial charge in [0.15, 0.2) is 5.82 Å². The standard InChI is InChI=1S/C25H23N5O3S/c1-32-20-14-8-11-18(15-20)26-24(31)23-22(17-9-4-2-5-10-17)29-30-21(27-28-25(30)34-23)16-33-19-12-6-3-7-13-19/h2-15,22-23,29H,16H2,1H3,(H,26,31)/t22-,23-/m1/s1. The fourth-order valence-electron chi connectivity index (χ4n) is 3.68. The number of hydrogen-bond acceptors (Lipinski definition) is 7. The number of anilines is 1. The van der Waals surface area contributed by atoms with Gasteiger partial charge in [0.2, 0.25) is 11.1 Å². The maximum atomic E-state index is 13.4. The van der Waals surface area contributed by atoms with Gasteiger partial charge in [-0.1, -0.05) is 66.4 Å². The lowest BCUT2D eigenvalue weighted by Crippen LogP contribution is -2.41. The van der Waals surface area contributed by atoms with E-state index in [4.69, 9.17) is 9.47 Å². The smallest absolute Gasteiger partial charge is 0.240 e. The SMILES string of the molecule is COc1cccc(NC(=O)[C@@H]2Sc3nnc(COc4ccccc4)n3N[C@@H]2c2ccccc2)c1. The van der Waals surface area contributed by atoms with Gasteiger partial charge in [0.25, 0.3) is 0 Å². The Hall–Kier alpha value is -3.98. The zero-order valence-electron chi connectivity index (χ0n) is 18.4. The number of ether oxygens (including phenoxy) is 2. The van der Waals surface area contributed by atoms with Crippen LogP contribution in [0.15, 0.2) is 90.1 Å². The summed E-state index contributed by atoms with van der Waals surface area (Å²) in [5.74, 6) is 1.91. The van der Waals surface area contributed by atoms with Gasteiger partial charge in [-0.25, -0.2) is 4.68 Å². The molecule has 8 nitrogen and oxygen atoms in total. The van der Waals surface area contributed by atoms with Crippen LogP contribution in [0.2, 0.25) is 0 Å². The van der Waals surface area contributed by atoms with Crippen LogP contribution in [0.1, 0.15) is 17.4 Å². The number of nitrogens with zero attached hydrogens (tertiary/aromatic N) is 3. The summed E-state index contributed by atoms with van der Waals surface area (Å²) in [6.45, 7) is 0.243. The van der Waals surface area contributed by atoms with E-state index in [1.54, 1.807) is 17.9 Å². The van der Waals surface area contributed by atoms with Crippen LogP contribution in [-0.4, -0.2) is 33.1 Å². The van der Waals surface area contributed by atoms with Gasteiger partial charge in [0.1, 0.15) is 23.4 Å². The van der Waals surface area contributed by atoms with E-state index in [0.717, 1.165) is 11.3 Å². The van der Waals surface area contributed by atoms with Gasteiger partial charge < -0.3 is 20.2 Å². The molecule has 1 amide bonds. The number of amides is 1. The Kier molecular flexibility index (Phi) is 6.35. The molecule has 2 heterocycles. The van der Waals surface area contributed by atoms with Crippen LogP contribution >= 0.6 is 11.8 Å². The van der Waals surface area contributed by atoms with E-state index in [1.807, 2.05) is 78.9 Å². The van der Waals surface area contributed by atoms with Gasteiger partial charge in [-0.05, 0) is 29.8 Å². The number of para-hydroxylation sites is 1. The fourth-order valence-corrected chi connectivity index (χ4v) is 4.78. The Morgan fingerprint density at radius 3 is 2.50 bits per heavy atom. The molecular formula is C25H23N5O3S. The minimum atomic E-state index is -0.479.